The van der Waals surface area contributed by atoms with Gasteiger partial charge in [0, 0.05) is 6.20 Å². The fourth-order valence-electron chi connectivity index (χ4n) is 1.12. The smallest absolute Gasteiger partial charge is 0.307 e. The highest BCUT2D eigenvalue weighted by Gasteiger charge is 2.16. The van der Waals surface area contributed by atoms with Crippen LogP contribution in [0.2, 0.25) is 0 Å². The average Bonchev–Trinajstić information content (AvgIpc) is 2.38. The van der Waals surface area contributed by atoms with E-state index in [0.717, 1.165) is 5.56 Å². The van der Waals surface area contributed by atoms with Gasteiger partial charge >= 0.3 is 5.03 Å². The molecular weight excluding hydrogens is 302 g/mol. The van der Waals surface area contributed by atoms with Gasteiger partial charge in [-0.15, -0.1) is 0 Å². The second-order valence-electron chi connectivity index (χ2n) is 3.05. The lowest BCUT2D eigenvalue weighted by Gasteiger charge is -2.01. The van der Waals surface area contributed by atoms with Crippen LogP contribution in [0, 0.1) is 0 Å². The van der Waals surface area contributed by atoms with Gasteiger partial charge in [0.1, 0.15) is 0 Å². The summed E-state index contributed by atoms with van der Waals surface area (Å²) >= 11 is 1.64. The van der Waals surface area contributed by atoms with Crippen LogP contribution >= 0.6 is 15.9 Å². The molecule has 1 unspecified atom stereocenters. The Balaban J connectivity index is 2.15. The van der Waals surface area contributed by atoms with Crippen LogP contribution in [0.3, 0.4) is 0 Å². The third-order valence-electron chi connectivity index (χ3n) is 1.89. The lowest BCUT2D eigenvalue weighted by Crippen LogP contribution is -2.02. The Hall–Kier alpha value is -1.24. The molecule has 0 aliphatic rings. The van der Waals surface area contributed by atoms with Crippen molar-refractivity contribution in [3.63, 3.8) is 0 Å². The van der Waals surface area contributed by atoms with Crippen LogP contribution in [0.1, 0.15) is 5.56 Å². The van der Waals surface area contributed by atoms with E-state index in [2.05, 4.69) is 30.3 Å². The van der Waals surface area contributed by atoms with E-state index in [1.54, 1.807) is 6.21 Å². The van der Waals surface area contributed by atoms with E-state index in [0.29, 0.717) is 9.63 Å². The van der Waals surface area contributed by atoms with Crippen LogP contribution in [0.25, 0.3) is 0 Å². The van der Waals surface area contributed by atoms with E-state index < -0.39 is 11.4 Å². The molecule has 0 saturated heterocycles. The van der Waals surface area contributed by atoms with Crippen LogP contribution < -0.4 is 0 Å². The maximum atomic E-state index is 11.8. The number of halogens is 1. The van der Waals surface area contributed by atoms with Gasteiger partial charge in [-0.05, 0) is 21.5 Å². The topological polar surface area (TPSA) is 61.2 Å². The lowest BCUT2D eigenvalue weighted by molar-refractivity contribution is 0.592. The minimum atomic E-state index is -1.55. The molecule has 1 heterocycles. The number of aromatic nitrogens is 2. The second kappa shape index (κ2) is 5.90. The normalized spacial score (nSPS) is 12.8. The first-order chi connectivity index (χ1) is 8.27. The zero-order valence-electron chi connectivity index (χ0n) is 8.65. The number of benzene rings is 1. The fourth-order valence-corrected chi connectivity index (χ4v) is 2.42. The first-order valence-corrected chi connectivity index (χ1v) is 6.65. The molecule has 0 saturated carbocycles. The molecule has 0 N–H and O–H groups in total. The Morgan fingerprint density at radius 2 is 1.88 bits per heavy atom. The number of hydrogen-bond donors (Lipinski definition) is 0. The molecule has 2 rings (SSSR count). The van der Waals surface area contributed by atoms with Crippen molar-refractivity contribution in [3.8, 4) is 0 Å². The molecule has 0 radical (unpaired) electrons. The standard InChI is InChI=1S/C11H8BrN3OS/c12-10-11(14-7-6-13-10)17(16)15-8-9-4-2-1-3-5-9/h1-8H/b15-8+. The van der Waals surface area contributed by atoms with Crippen molar-refractivity contribution in [1.82, 2.24) is 9.97 Å². The summed E-state index contributed by atoms with van der Waals surface area (Å²) in [5.74, 6) is 0. The zero-order chi connectivity index (χ0) is 12.1. The van der Waals surface area contributed by atoms with Crippen molar-refractivity contribution in [1.29, 1.82) is 0 Å². The Kier molecular flexibility index (Phi) is 4.24. The molecule has 2 aromatic rings. The van der Waals surface area contributed by atoms with Gasteiger partial charge in [-0.2, -0.15) is 0 Å². The Morgan fingerprint density at radius 1 is 1.18 bits per heavy atom. The summed E-state index contributed by atoms with van der Waals surface area (Å²) in [6, 6.07) is 9.46. The Bertz CT molecular complexity index is 521. The summed E-state index contributed by atoms with van der Waals surface area (Å²) in [6.07, 6.45) is 4.55. The predicted octanol–water partition coefficient (Wildman–Crippen LogP) is 2.38. The Morgan fingerprint density at radius 3 is 2.59 bits per heavy atom. The molecule has 0 fully saturated rings. The highest BCUT2D eigenvalue weighted by molar-refractivity contribution is 9.10. The molecule has 1 aromatic carbocycles. The van der Waals surface area contributed by atoms with Crippen molar-refractivity contribution in [2.24, 2.45) is 4.40 Å². The van der Waals surface area contributed by atoms with E-state index in [1.165, 1.54) is 12.4 Å². The van der Waals surface area contributed by atoms with Crippen molar-refractivity contribution >= 4 is 33.5 Å². The number of rotatable bonds is 3. The monoisotopic (exact) mass is 309 g/mol. The first kappa shape index (κ1) is 12.2. The average molecular weight is 310 g/mol. The van der Waals surface area contributed by atoms with Gasteiger partial charge in [0.25, 0.3) is 0 Å². The van der Waals surface area contributed by atoms with Gasteiger partial charge in [0.15, 0.2) is 16.0 Å². The molecule has 17 heavy (non-hydrogen) atoms. The van der Waals surface area contributed by atoms with Crippen molar-refractivity contribution in [2.45, 2.75) is 5.03 Å². The molecule has 0 amide bonds. The van der Waals surface area contributed by atoms with E-state index >= 15 is 0 Å². The molecule has 4 nitrogen and oxygen atoms in total. The van der Waals surface area contributed by atoms with E-state index in [4.69, 9.17) is 0 Å². The highest BCUT2D eigenvalue weighted by atomic mass is 79.9. The number of nitrogens with zero attached hydrogens (tertiary/aromatic N) is 3. The van der Waals surface area contributed by atoms with Gasteiger partial charge < -0.3 is 4.55 Å². The van der Waals surface area contributed by atoms with E-state index in [9.17, 15) is 4.55 Å². The molecule has 1 atom stereocenters. The quantitative estimate of drug-likeness (QED) is 0.646. The second-order valence-corrected chi connectivity index (χ2v) is 4.89. The van der Waals surface area contributed by atoms with Crippen LogP contribution in [0.15, 0.2) is 56.8 Å². The van der Waals surface area contributed by atoms with Crippen LogP contribution in [0.5, 0.6) is 0 Å². The fraction of sp³-hybridized carbons (Fsp3) is 0. The van der Waals surface area contributed by atoms with Gasteiger partial charge in [0.2, 0.25) is 0 Å². The maximum Gasteiger partial charge on any atom is 0.307 e. The van der Waals surface area contributed by atoms with Gasteiger partial charge in [-0.3, -0.25) is 0 Å². The molecule has 0 aliphatic carbocycles. The highest BCUT2D eigenvalue weighted by Crippen LogP contribution is 2.17. The largest absolute Gasteiger partial charge is 0.585 e. The maximum absolute atomic E-state index is 11.8. The third kappa shape index (κ3) is 3.36. The first-order valence-electron chi connectivity index (χ1n) is 4.75. The molecule has 0 bridgehead atoms. The molecule has 6 heteroatoms. The Labute approximate surface area is 110 Å². The third-order valence-corrected chi connectivity index (χ3v) is 3.65. The van der Waals surface area contributed by atoms with Gasteiger partial charge in [0.05, 0.1) is 12.4 Å². The summed E-state index contributed by atoms with van der Waals surface area (Å²) < 4.78 is 16.2. The predicted molar refractivity (Wildman–Crippen MR) is 70.2 cm³/mol. The minimum absolute atomic E-state index is 0.319. The lowest BCUT2D eigenvalue weighted by atomic mass is 10.2. The summed E-state index contributed by atoms with van der Waals surface area (Å²) in [4.78, 5) is 7.91. The summed E-state index contributed by atoms with van der Waals surface area (Å²) in [6.45, 7) is 0. The SMILES string of the molecule is [O-][S+](/N=C/c1ccccc1)c1nccnc1Br. The molecular formula is C11H8BrN3OS. The van der Waals surface area contributed by atoms with Crippen molar-refractivity contribution in [3.05, 3.63) is 52.9 Å². The minimum Gasteiger partial charge on any atom is -0.585 e. The molecule has 0 aliphatic heterocycles. The van der Waals surface area contributed by atoms with Crippen molar-refractivity contribution in [2.75, 3.05) is 0 Å². The summed E-state index contributed by atoms with van der Waals surface area (Å²) in [5.41, 5.74) is 0.890. The summed E-state index contributed by atoms with van der Waals surface area (Å²) in [7, 11) is 0. The van der Waals surface area contributed by atoms with Crippen LogP contribution in [0.4, 0.5) is 0 Å². The van der Waals surface area contributed by atoms with Crippen LogP contribution in [-0.2, 0) is 11.4 Å². The molecule has 0 spiro atoms. The van der Waals surface area contributed by atoms with Crippen LogP contribution in [-0.4, -0.2) is 20.7 Å². The van der Waals surface area contributed by atoms with E-state index in [1.807, 2.05) is 30.3 Å². The molecule has 1 aromatic heterocycles. The van der Waals surface area contributed by atoms with Gasteiger partial charge in [-0.25, -0.2) is 9.97 Å². The summed E-state index contributed by atoms with van der Waals surface area (Å²) in [5, 5.41) is 0.319. The van der Waals surface area contributed by atoms with Gasteiger partial charge in [-0.1, -0.05) is 34.7 Å². The number of hydrogen-bond acceptors (Lipinski definition) is 4. The van der Waals surface area contributed by atoms with E-state index in [-0.39, 0.29) is 0 Å². The zero-order valence-corrected chi connectivity index (χ0v) is 11.1. The molecule has 86 valence electrons. The van der Waals surface area contributed by atoms with Crippen molar-refractivity contribution < 1.29 is 4.55 Å².